The number of hydrogen-bond donors (Lipinski definition) is 0. The topological polar surface area (TPSA) is 20.3 Å². The van der Waals surface area contributed by atoms with Crippen LogP contribution in [0.2, 0.25) is 10.0 Å². The molecule has 18 heavy (non-hydrogen) atoms. The Balaban J connectivity index is 2.04. The van der Waals surface area contributed by atoms with Gasteiger partial charge >= 0.3 is 0 Å². The molecule has 1 aromatic carbocycles. The standard InChI is InChI=1S/C13H14Cl3NO/c1-17(7-8-5-9(14)6-8)13(18)10-3-2-4-11(15)12(10)16/h2-4,8-9H,5-7H2,1H3. The van der Waals surface area contributed by atoms with E-state index in [1.54, 1.807) is 30.1 Å². The molecule has 2 rings (SSSR count). The first-order valence-electron chi connectivity index (χ1n) is 5.82. The summed E-state index contributed by atoms with van der Waals surface area (Å²) in [6.07, 6.45) is 1.95. The molecule has 0 spiro atoms. The lowest BCUT2D eigenvalue weighted by molar-refractivity contribution is 0.0747. The molecule has 1 fully saturated rings. The molecule has 1 saturated carbocycles. The van der Waals surface area contributed by atoms with Crippen molar-refractivity contribution in [1.82, 2.24) is 4.90 Å². The van der Waals surface area contributed by atoms with Gasteiger partial charge in [-0.05, 0) is 30.9 Å². The number of amides is 1. The summed E-state index contributed by atoms with van der Waals surface area (Å²) >= 11 is 17.9. The molecule has 0 radical (unpaired) electrons. The number of alkyl halides is 1. The smallest absolute Gasteiger partial charge is 0.255 e. The summed E-state index contributed by atoms with van der Waals surface area (Å²) < 4.78 is 0. The molecule has 0 bridgehead atoms. The SMILES string of the molecule is CN(CC1CC(Cl)C1)C(=O)c1cccc(Cl)c1Cl. The molecule has 0 atom stereocenters. The minimum atomic E-state index is -0.0967. The van der Waals surface area contributed by atoms with E-state index in [4.69, 9.17) is 34.8 Å². The van der Waals surface area contributed by atoms with Crippen LogP contribution in [0.1, 0.15) is 23.2 Å². The van der Waals surface area contributed by atoms with Crippen molar-refractivity contribution in [3.05, 3.63) is 33.8 Å². The largest absolute Gasteiger partial charge is 0.341 e. The highest BCUT2D eigenvalue weighted by molar-refractivity contribution is 6.43. The molecule has 98 valence electrons. The van der Waals surface area contributed by atoms with E-state index in [0.717, 1.165) is 12.8 Å². The Morgan fingerprint density at radius 1 is 1.39 bits per heavy atom. The van der Waals surface area contributed by atoms with Gasteiger partial charge in [-0.1, -0.05) is 29.3 Å². The fraction of sp³-hybridized carbons (Fsp3) is 0.462. The van der Waals surface area contributed by atoms with E-state index in [1.165, 1.54) is 0 Å². The van der Waals surface area contributed by atoms with E-state index < -0.39 is 0 Å². The Morgan fingerprint density at radius 3 is 2.67 bits per heavy atom. The molecular weight excluding hydrogens is 293 g/mol. The van der Waals surface area contributed by atoms with E-state index >= 15 is 0 Å². The van der Waals surface area contributed by atoms with E-state index in [2.05, 4.69) is 0 Å². The van der Waals surface area contributed by atoms with Crippen molar-refractivity contribution in [2.75, 3.05) is 13.6 Å². The van der Waals surface area contributed by atoms with Crippen LogP contribution in [0, 0.1) is 5.92 Å². The summed E-state index contributed by atoms with van der Waals surface area (Å²) in [5, 5.41) is 0.994. The molecule has 0 aliphatic heterocycles. The predicted octanol–water partition coefficient (Wildman–Crippen LogP) is 4.08. The molecule has 1 aromatic rings. The zero-order valence-corrected chi connectivity index (χ0v) is 12.3. The third-order valence-corrected chi connectivity index (χ3v) is 4.41. The van der Waals surface area contributed by atoms with Gasteiger partial charge in [-0.15, -0.1) is 11.6 Å². The van der Waals surface area contributed by atoms with E-state index in [0.29, 0.717) is 28.1 Å². The van der Waals surface area contributed by atoms with E-state index in [-0.39, 0.29) is 11.3 Å². The van der Waals surface area contributed by atoms with Crippen LogP contribution in [-0.4, -0.2) is 29.8 Å². The minimum Gasteiger partial charge on any atom is -0.341 e. The first kappa shape index (κ1) is 14.0. The summed E-state index contributed by atoms with van der Waals surface area (Å²) in [6, 6.07) is 5.09. The van der Waals surface area contributed by atoms with Crippen molar-refractivity contribution < 1.29 is 4.79 Å². The molecule has 5 heteroatoms. The van der Waals surface area contributed by atoms with Crippen molar-refractivity contribution in [2.24, 2.45) is 5.92 Å². The van der Waals surface area contributed by atoms with Gasteiger partial charge in [0.25, 0.3) is 5.91 Å². The summed E-state index contributed by atoms with van der Waals surface area (Å²) in [5.74, 6) is 0.403. The van der Waals surface area contributed by atoms with Crippen molar-refractivity contribution in [2.45, 2.75) is 18.2 Å². The number of hydrogen-bond acceptors (Lipinski definition) is 1. The number of carbonyl (C=O) groups excluding carboxylic acids is 1. The van der Waals surface area contributed by atoms with Gasteiger partial charge in [0.1, 0.15) is 0 Å². The average Bonchev–Trinajstić information content (AvgIpc) is 2.30. The van der Waals surface area contributed by atoms with Gasteiger partial charge < -0.3 is 4.90 Å². The molecule has 1 aliphatic carbocycles. The van der Waals surface area contributed by atoms with Crippen LogP contribution in [0.5, 0.6) is 0 Å². The van der Waals surface area contributed by atoms with Crippen LogP contribution < -0.4 is 0 Å². The second-order valence-corrected chi connectivity index (χ2v) is 6.12. The van der Waals surface area contributed by atoms with Gasteiger partial charge in [0, 0.05) is 19.0 Å². The second kappa shape index (κ2) is 5.68. The number of halogens is 3. The quantitative estimate of drug-likeness (QED) is 0.770. The molecule has 0 aromatic heterocycles. The van der Waals surface area contributed by atoms with Gasteiger partial charge in [0.2, 0.25) is 0 Å². The highest BCUT2D eigenvalue weighted by Gasteiger charge is 2.29. The third kappa shape index (κ3) is 2.93. The van der Waals surface area contributed by atoms with Crippen LogP contribution in [0.25, 0.3) is 0 Å². The first-order valence-corrected chi connectivity index (χ1v) is 7.01. The average molecular weight is 307 g/mol. The van der Waals surface area contributed by atoms with Crippen molar-refractivity contribution >= 4 is 40.7 Å². The summed E-state index contributed by atoms with van der Waals surface area (Å²) in [6.45, 7) is 0.713. The van der Waals surface area contributed by atoms with E-state index in [9.17, 15) is 4.79 Å². The zero-order valence-electron chi connectivity index (χ0n) is 10.00. The van der Waals surface area contributed by atoms with Crippen LogP contribution in [-0.2, 0) is 0 Å². The van der Waals surface area contributed by atoms with Crippen LogP contribution in [0.4, 0.5) is 0 Å². The molecule has 1 amide bonds. The Kier molecular flexibility index (Phi) is 4.41. The highest BCUT2D eigenvalue weighted by atomic mass is 35.5. The fourth-order valence-electron chi connectivity index (χ4n) is 2.15. The molecule has 0 N–H and O–H groups in total. The number of carbonyl (C=O) groups is 1. The van der Waals surface area contributed by atoms with Crippen molar-refractivity contribution in [1.29, 1.82) is 0 Å². The lowest BCUT2D eigenvalue weighted by Crippen LogP contribution is -2.38. The molecule has 2 nitrogen and oxygen atoms in total. The third-order valence-electron chi connectivity index (χ3n) is 3.24. The maximum absolute atomic E-state index is 12.2. The lowest BCUT2D eigenvalue weighted by atomic mass is 9.84. The second-order valence-electron chi connectivity index (χ2n) is 4.72. The fourth-order valence-corrected chi connectivity index (χ4v) is 3.03. The number of benzene rings is 1. The monoisotopic (exact) mass is 305 g/mol. The van der Waals surface area contributed by atoms with Gasteiger partial charge in [-0.2, -0.15) is 0 Å². The first-order chi connectivity index (χ1) is 8.49. The molecule has 0 saturated heterocycles. The zero-order chi connectivity index (χ0) is 13.3. The van der Waals surface area contributed by atoms with Crippen LogP contribution >= 0.6 is 34.8 Å². The van der Waals surface area contributed by atoms with Crippen LogP contribution in [0.15, 0.2) is 18.2 Å². The molecule has 0 heterocycles. The van der Waals surface area contributed by atoms with Gasteiger partial charge in [-0.3, -0.25) is 4.79 Å². The Morgan fingerprint density at radius 2 is 2.06 bits per heavy atom. The highest BCUT2D eigenvalue weighted by Crippen LogP contribution is 2.33. The van der Waals surface area contributed by atoms with Crippen LogP contribution in [0.3, 0.4) is 0 Å². The Labute approximate surface area is 122 Å². The molecular formula is C13H14Cl3NO. The maximum Gasteiger partial charge on any atom is 0.255 e. The summed E-state index contributed by atoms with van der Waals surface area (Å²) in [4.78, 5) is 13.9. The predicted molar refractivity (Wildman–Crippen MR) is 75.8 cm³/mol. The van der Waals surface area contributed by atoms with Gasteiger partial charge in [0.05, 0.1) is 15.6 Å². The number of nitrogens with zero attached hydrogens (tertiary/aromatic N) is 1. The summed E-state index contributed by atoms with van der Waals surface area (Å²) in [7, 11) is 1.78. The Hall–Kier alpha value is -0.440. The molecule has 0 unspecified atom stereocenters. The minimum absolute atomic E-state index is 0.0967. The van der Waals surface area contributed by atoms with E-state index in [1.807, 2.05) is 0 Å². The number of rotatable bonds is 3. The maximum atomic E-state index is 12.2. The Bertz CT molecular complexity index is 458. The summed E-state index contributed by atoms with van der Waals surface area (Å²) in [5.41, 5.74) is 0.452. The van der Waals surface area contributed by atoms with Crippen molar-refractivity contribution in [3.63, 3.8) is 0 Å². The molecule has 1 aliphatic rings. The normalized spacial score (nSPS) is 22.4. The lowest BCUT2D eigenvalue weighted by Gasteiger charge is -2.34. The van der Waals surface area contributed by atoms with Crippen molar-refractivity contribution in [3.8, 4) is 0 Å². The van der Waals surface area contributed by atoms with Gasteiger partial charge in [-0.25, -0.2) is 0 Å². The van der Waals surface area contributed by atoms with Gasteiger partial charge in [0.15, 0.2) is 0 Å².